The molecule has 3 amide bonds. The van der Waals surface area contributed by atoms with Crippen LogP contribution in [0, 0.1) is 0 Å². The van der Waals surface area contributed by atoms with E-state index in [1.807, 2.05) is 0 Å². The van der Waals surface area contributed by atoms with Gasteiger partial charge in [-0.05, 0) is 55.0 Å². The Labute approximate surface area is 228 Å². The van der Waals surface area contributed by atoms with Crippen molar-refractivity contribution in [2.45, 2.75) is 6.42 Å². The number of benzene rings is 2. The molecule has 0 aliphatic heterocycles. The van der Waals surface area contributed by atoms with E-state index in [1.165, 1.54) is 0 Å². The lowest BCUT2D eigenvalue weighted by Gasteiger charge is -2.03. The number of fused-ring (bicyclic) bond motifs is 2. The second-order valence-corrected chi connectivity index (χ2v) is 8.90. The molecule has 0 bridgehead atoms. The number of hydrogen-bond donors (Lipinski definition) is 9. The summed E-state index contributed by atoms with van der Waals surface area (Å²) < 4.78 is 0. The van der Waals surface area contributed by atoms with E-state index in [0.29, 0.717) is 53.1 Å². The number of guanidine groups is 2. The van der Waals surface area contributed by atoms with Crippen LogP contribution >= 0.6 is 0 Å². The van der Waals surface area contributed by atoms with Crippen molar-refractivity contribution in [3.63, 3.8) is 0 Å². The minimum absolute atomic E-state index is 0.0148. The first-order valence-electron chi connectivity index (χ1n) is 12.4. The van der Waals surface area contributed by atoms with Gasteiger partial charge in [0.05, 0.1) is 6.54 Å². The predicted molar refractivity (Wildman–Crippen MR) is 155 cm³/mol. The largest absolute Gasteiger partial charge is 0.370 e. The van der Waals surface area contributed by atoms with Crippen molar-refractivity contribution in [1.29, 1.82) is 0 Å². The monoisotopic (exact) mass is 545 g/mol. The number of aromatic amines is 2. The molecular weight excluding hydrogens is 514 g/mol. The highest BCUT2D eigenvalue weighted by atomic mass is 16.2. The van der Waals surface area contributed by atoms with Crippen LogP contribution in [0.1, 0.15) is 37.8 Å². The second kappa shape index (κ2) is 12.3. The van der Waals surface area contributed by atoms with Gasteiger partial charge in [0, 0.05) is 52.7 Å². The van der Waals surface area contributed by atoms with E-state index in [9.17, 15) is 14.4 Å². The van der Waals surface area contributed by atoms with Gasteiger partial charge in [0.25, 0.3) is 17.7 Å². The Hall–Kier alpha value is -5.53. The zero-order chi connectivity index (χ0) is 28.6. The highest BCUT2D eigenvalue weighted by Crippen LogP contribution is 2.22. The molecular formula is C26H31N11O3. The summed E-state index contributed by atoms with van der Waals surface area (Å²) in [6, 6.07) is 13.8. The molecule has 14 nitrogen and oxygen atoms in total. The number of carbonyl (C=O) groups is 3. The smallest absolute Gasteiger partial charge is 0.272 e. The number of nitrogens with one attached hydrogen (secondary N) is 5. The van der Waals surface area contributed by atoms with Gasteiger partial charge in [-0.25, -0.2) is 0 Å². The summed E-state index contributed by atoms with van der Waals surface area (Å²) in [5.41, 5.74) is 24.3. The zero-order valence-corrected chi connectivity index (χ0v) is 21.6. The maximum atomic E-state index is 12.9. The van der Waals surface area contributed by atoms with E-state index >= 15 is 0 Å². The number of aromatic nitrogens is 2. The average molecular weight is 546 g/mol. The molecule has 0 aliphatic rings. The van der Waals surface area contributed by atoms with Crippen LogP contribution in [0.5, 0.6) is 0 Å². The first-order chi connectivity index (χ1) is 19.2. The number of H-pyrrole nitrogens is 2. The van der Waals surface area contributed by atoms with Crippen molar-refractivity contribution >= 4 is 57.1 Å². The van der Waals surface area contributed by atoms with Crippen LogP contribution < -0.4 is 38.9 Å². The lowest BCUT2D eigenvalue weighted by atomic mass is 10.1. The molecule has 208 valence electrons. The Bertz CT molecular complexity index is 1610. The SMILES string of the molecule is NC(N)=NCCCNC(=O)c1cc2cc(NC(=O)c3cc4cc(C(=O)NCCN=C(N)N)ccc4[nH]3)ccc2[nH]1. The number of amides is 3. The maximum Gasteiger partial charge on any atom is 0.272 e. The Morgan fingerprint density at radius 1 is 0.675 bits per heavy atom. The van der Waals surface area contributed by atoms with Crippen molar-refractivity contribution in [2.24, 2.45) is 32.9 Å². The molecule has 0 radical (unpaired) electrons. The van der Waals surface area contributed by atoms with Crippen molar-refractivity contribution in [2.75, 3.05) is 31.5 Å². The molecule has 0 fully saturated rings. The molecule has 2 aromatic carbocycles. The summed E-state index contributed by atoms with van der Waals surface area (Å²) in [5.74, 6) is -0.915. The van der Waals surface area contributed by atoms with Crippen molar-refractivity contribution in [3.8, 4) is 0 Å². The topological polar surface area (TPSA) is 248 Å². The third kappa shape index (κ3) is 7.06. The highest BCUT2D eigenvalue weighted by molar-refractivity contribution is 6.08. The van der Waals surface area contributed by atoms with Crippen molar-refractivity contribution < 1.29 is 14.4 Å². The summed E-state index contributed by atoms with van der Waals surface area (Å²) in [5, 5.41) is 9.87. The summed E-state index contributed by atoms with van der Waals surface area (Å²) >= 11 is 0. The van der Waals surface area contributed by atoms with E-state index < -0.39 is 0 Å². The molecule has 4 aromatic rings. The summed E-state index contributed by atoms with van der Waals surface area (Å²) in [6.45, 7) is 1.40. The van der Waals surface area contributed by atoms with E-state index in [4.69, 9.17) is 22.9 Å². The number of carbonyl (C=O) groups excluding carboxylic acids is 3. The highest BCUT2D eigenvalue weighted by Gasteiger charge is 2.14. The van der Waals surface area contributed by atoms with Gasteiger partial charge < -0.3 is 48.9 Å². The molecule has 0 unspecified atom stereocenters. The van der Waals surface area contributed by atoms with E-state index in [2.05, 4.69) is 35.9 Å². The fourth-order valence-electron chi connectivity index (χ4n) is 3.97. The maximum absolute atomic E-state index is 12.9. The number of rotatable bonds is 11. The van der Waals surface area contributed by atoms with E-state index in [1.54, 1.807) is 48.5 Å². The quantitative estimate of drug-likeness (QED) is 0.0723. The lowest BCUT2D eigenvalue weighted by molar-refractivity contribution is 0.0943. The van der Waals surface area contributed by atoms with Gasteiger partial charge in [-0.1, -0.05) is 0 Å². The van der Waals surface area contributed by atoms with Gasteiger partial charge in [-0.15, -0.1) is 0 Å². The minimum atomic E-state index is -0.354. The number of nitrogens with two attached hydrogens (primary N) is 4. The van der Waals surface area contributed by atoms with Crippen LogP contribution in [0.4, 0.5) is 5.69 Å². The van der Waals surface area contributed by atoms with Gasteiger partial charge in [0.2, 0.25) is 0 Å². The Morgan fingerprint density at radius 3 is 1.98 bits per heavy atom. The van der Waals surface area contributed by atoms with Gasteiger partial charge in [0.1, 0.15) is 11.4 Å². The molecule has 0 saturated heterocycles. The van der Waals surface area contributed by atoms with Crippen LogP contribution in [-0.4, -0.2) is 65.8 Å². The standard InChI is InChI=1S/C26H31N11O3/c27-25(28)33-7-1-6-31-23(39)20-13-16-11-17(3-5-19(16)36-20)35-24(40)21-12-15-10-14(2-4-18(15)37-21)22(38)32-8-9-34-26(29)30/h2-5,10-13,36-37H,1,6-9H2,(H,31,39)(H,32,38)(H,35,40)(H4,27,28,33)(H4,29,30,34). The minimum Gasteiger partial charge on any atom is -0.370 e. The summed E-state index contributed by atoms with van der Waals surface area (Å²) in [4.78, 5) is 51.7. The van der Waals surface area contributed by atoms with Crippen LogP contribution in [0.25, 0.3) is 21.8 Å². The number of anilines is 1. The first kappa shape index (κ1) is 27.5. The molecule has 14 heteroatoms. The molecule has 2 heterocycles. The van der Waals surface area contributed by atoms with Gasteiger partial charge in [0.15, 0.2) is 11.9 Å². The molecule has 0 aliphatic carbocycles. The molecule has 2 aromatic heterocycles. The average Bonchev–Trinajstić information content (AvgIpc) is 3.54. The molecule has 0 saturated carbocycles. The van der Waals surface area contributed by atoms with Crippen LogP contribution in [0.3, 0.4) is 0 Å². The van der Waals surface area contributed by atoms with Crippen LogP contribution in [0.15, 0.2) is 58.5 Å². The molecule has 0 atom stereocenters. The number of aliphatic imine (C=N–C) groups is 2. The van der Waals surface area contributed by atoms with Crippen molar-refractivity contribution in [1.82, 2.24) is 20.6 Å². The predicted octanol–water partition coefficient (Wildman–Crippen LogP) is 0.298. The molecule has 13 N–H and O–H groups in total. The number of hydrogen-bond acceptors (Lipinski definition) is 5. The zero-order valence-electron chi connectivity index (χ0n) is 21.6. The Kier molecular flexibility index (Phi) is 8.49. The van der Waals surface area contributed by atoms with Crippen LogP contribution in [0.2, 0.25) is 0 Å². The fraction of sp³-hybridized carbons (Fsp3) is 0.192. The van der Waals surface area contributed by atoms with Gasteiger partial charge in [-0.2, -0.15) is 0 Å². The number of nitrogens with zero attached hydrogens (tertiary/aromatic N) is 2. The van der Waals surface area contributed by atoms with Gasteiger partial charge in [-0.3, -0.25) is 24.4 Å². The fourth-order valence-corrected chi connectivity index (χ4v) is 3.97. The Morgan fingerprint density at radius 2 is 1.27 bits per heavy atom. The van der Waals surface area contributed by atoms with Gasteiger partial charge >= 0.3 is 0 Å². The second-order valence-electron chi connectivity index (χ2n) is 8.90. The lowest BCUT2D eigenvalue weighted by Crippen LogP contribution is -2.28. The first-order valence-corrected chi connectivity index (χ1v) is 12.4. The van der Waals surface area contributed by atoms with Crippen molar-refractivity contribution in [3.05, 3.63) is 65.5 Å². The van der Waals surface area contributed by atoms with Crippen LogP contribution in [-0.2, 0) is 0 Å². The van der Waals surface area contributed by atoms with E-state index in [-0.39, 0.29) is 42.7 Å². The third-order valence-corrected chi connectivity index (χ3v) is 5.86. The normalized spacial score (nSPS) is 10.7. The van der Waals surface area contributed by atoms with E-state index in [0.717, 1.165) is 10.9 Å². The Balaban J connectivity index is 1.38. The molecule has 40 heavy (non-hydrogen) atoms. The molecule has 0 spiro atoms. The third-order valence-electron chi connectivity index (χ3n) is 5.86. The summed E-state index contributed by atoms with van der Waals surface area (Å²) in [6.07, 6.45) is 0.600. The molecule has 4 rings (SSSR count). The summed E-state index contributed by atoms with van der Waals surface area (Å²) in [7, 11) is 0.